The summed E-state index contributed by atoms with van der Waals surface area (Å²) in [5.74, 6) is -0.161. The molecule has 1 aliphatic carbocycles. The molecule has 0 radical (unpaired) electrons. The zero-order chi connectivity index (χ0) is 20.8. The zero-order valence-corrected chi connectivity index (χ0v) is 16.5. The Kier molecular flexibility index (Phi) is 4.22. The van der Waals surface area contributed by atoms with E-state index in [1.807, 2.05) is 43.5 Å². The maximum absolute atomic E-state index is 13.0. The number of carbonyl (C=O) groups is 1. The van der Waals surface area contributed by atoms with Gasteiger partial charge in [-0.3, -0.25) is 4.79 Å². The molecule has 2 aromatic carbocycles. The molecule has 0 aromatic heterocycles. The molecule has 29 heavy (non-hydrogen) atoms. The largest absolute Gasteiger partial charge is 0.347 e. The first-order valence-electron chi connectivity index (χ1n) is 9.36. The van der Waals surface area contributed by atoms with Crippen molar-refractivity contribution in [2.45, 2.75) is 19.3 Å². The summed E-state index contributed by atoms with van der Waals surface area (Å²) in [7, 11) is 2.01. The van der Waals surface area contributed by atoms with Crippen LogP contribution in [0.5, 0.6) is 0 Å². The topological polar surface area (TPSA) is 67.9 Å². The standard InChI is InChI=1S/C25H19N3O/c1-25(2)20-10-6-7-11-21(20)28(3)22(25)13-12-19-23(16(14-26)15-27)17-8-4-5-9-18(17)24(19)29/h4-13H,1-3H3/b19-12+,22-13+. The number of ketones is 1. The van der Waals surface area contributed by atoms with Gasteiger partial charge in [-0.15, -0.1) is 0 Å². The Labute approximate surface area is 170 Å². The molecular formula is C25H19N3O. The van der Waals surface area contributed by atoms with Crippen molar-refractivity contribution in [1.29, 1.82) is 10.5 Å². The predicted octanol–water partition coefficient (Wildman–Crippen LogP) is 4.92. The summed E-state index contributed by atoms with van der Waals surface area (Å²) in [4.78, 5) is 15.2. The molecule has 0 fully saturated rings. The van der Waals surface area contributed by atoms with Crippen LogP contribution in [0.4, 0.5) is 5.69 Å². The summed E-state index contributed by atoms with van der Waals surface area (Å²) in [5.41, 5.74) is 5.10. The molecule has 140 valence electrons. The van der Waals surface area contributed by atoms with E-state index in [9.17, 15) is 15.3 Å². The molecule has 0 unspecified atom stereocenters. The highest BCUT2D eigenvalue weighted by Crippen LogP contribution is 2.47. The third-order valence-electron chi connectivity index (χ3n) is 5.78. The van der Waals surface area contributed by atoms with Crippen molar-refractivity contribution in [3.8, 4) is 12.1 Å². The van der Waals surface area contributed by atoms with Gasteiger partial charge in [0, 0.05) is 40.6 Å². The number of allylic oxidation sites excluding steroid dienone is 6. The van der Waals surface area contributed by atoms with Gasteiger partial charge >= 0.3 is 0 Å². The zero-order valence-electron chi connectivity index (χ0n) is 16.5. The summed E-state index contributed by atoms with van der Waals surface area (Å²) >= 11 is 0. The Bertz CT molecular complexity index is 1210. The van der Waals surface area contributed by atoms with Gasteiger partial charge in [0.25, 0.3) is 0 Å². The quantitative estimate of drug-likeness (QED) is 0.522. The molecule has 0 N–H and O–H groups in total. The Morgan fingerprint density at radius 3 is 2.24 bits per heavy atom. The van der Waals surface area contributed by atoms with Crippen molar-refractivity contribution in [1.82, 2.24) is 0 Å². The fourth-order valence-electron chi connectivity index (χ4n) is 4.33. The summed E-state index contributed by atoms with van der Waals surface area (Å²) < 4.78 is 0. The van der Waals surface area contributed by atoms with Crippen LogP contribution in [-0.4, -0.2) is 12.8 Å². The number of rotatable bonds is 1. The molecule has 0 bridgehead atoms. The van der Waals surface area contributed by atoms with Crippen molar-refractivity contribution in [3.05, 3.63) is 94.2 Å². The number of hydrogen-bond acceptors (Lipinski definition) is 4. The number of likely N-dealkylation sites (N-methyl/N-ethyl adjacent to an activating group) is 1. The summed E-state index contributed by atoms with van der Waals surface area (Å²) in [6.07, 6.45) is 3.69. The third-order valence-corrected chi connectivity index (χ3v) is 5.78. The Morgan fingerprint density at radius 2 is 1.59 bits per heavy atom. The number of hydrogen-bond donors (Lipinski definition) is 0. The molecule has 0 amide bonds. The predicted molar refractivity (Wildman–Crippen MR) is 113 cm³/mol. The van der Waals surface area contributed by atoms with Crippen LogP contribution in [0, 0.1) is 22.7 Å². The number of nitrogens with zero attached hydrogens (tertiary/aromatic N) is 3. The lowest BCUT2D eigenvalue weighted by Crippen LogP contribution is -2.22. The van der Waals surface area contributed by atoms with E-state index in [0.29, 0.717) is 22.3 Å². The molecule has 4 nitrogen and oxygen atoms in total. The number of fused-ring (bicyclic) bond motifs is 2. The van der Waals surface area contributed by atoms with Crippen molar-refractivity contribution in [2.75, 3.05) is 11.9 Å². The van der Waals surface area contributed by atoms with E-state index < -0.39 is 0 Å². The Hall–Kier alpha value is -3.89. The lowest BCUT2D eigenvalue weighted by molar-refractivity contribution is 0.104. The second-order valence-electron chi connectivity index (χ2n) is 7.68. The van der Waals surface area contributed by atoms with Crippen LogP contribution in [0.15, 0.2) is 77.5 Å². The van der Waals surface area contributed by atoms with Crippen LogP contribution in [0.3, 0.4) is 0 Å². The molecular weight excluding hydrogens is 358 g/mol. The van der Waals surface area contributed by atoms with E-state index in [-0.39, 0.29) is 16.8 Å². The molecule has 1 aliphatic heterocycles. The van der Waals surface area contributed by atoms with Crippen LogP contribution < -0.4 is 4.90 Å². The Morgan fingerprint density at radius 1 is 0.966 bits per heavy atom. The number of benzene rings is 2. The second kappa shape index (κ2) is 6.62. The van der Waals surface area contributed by atoms with Gasteiger partial charge < -0.3 is 4.90 Å². The molecule has 4 heteroatoms. The van der Waals surface area contributed by atoms with Crippen molar-refractivity contribution < 1.29 is 4.79 Å². The lowest BCUT2D eigenvalue weighted by atomic mass is 9.83. The number of Topliss-reactive ketones (excluding diaryl/α,β-unsaturated/α-hetero) is 1. The molecule has 0 atom stereocenters. The fourth-order valence-corrected chi connectivity index (χ4v) is 4.33. The summed E-state index contributed by atoms with van der Waals surface area (Å²) in [6, 6.07) is 19.2. The maximum atomic E-state index is 13.0. The maximum Gasteiger partial charge on any atom is 0.194 e. The van der Waals surface area contributed by atoms with Crippen LogP contribution in [0.25, 0.3) is 5.57 Å². The van der Waals surface area contributed by atoms with E-state index in [2.05, 4.69) is 30.9 Å². The minimum Gasteiger partial charge on any atom is -0.347 e. The smallest absolute Gasteiger partial charge is 0.194 e. The molecule has 0 spiro atoms. The molecule has 1 heterocycles. The first-order valence-corrected chi connectivity index (χ1v) is 9.36. The van der Waals surface area contributed by atoms with Gasteiger partial charge in [0.2, 0.25) is 0 Å². The van der Waals surface area contributed by atoms with E-state index in [0.717, 1.165) is 11.4 Å². The molecule has 2 aliphatic rings. The van der Waals surface area contributed by atoms with Crippen molar-refractivity contribution >= 4 is 17.0 Å². The van der Waals surface area contributed by atoms with E-state index in [4.69, 9.17) is 0 Å². The Balaban J connectivity index is 1.90. The van der Waals surface area contributed by atoms with Gasteiger partial charge in [0.15, 0.2) is 5.78 Å². The highest BCUT2D eigenvalue weighted by molar-refractivity contribution is 6.27. The number of carbonyl (C=O) groups excluding carboxylic acids is 1. The molecule has 4 rings (SSSR count). The lowest BCUT2D eigenvalue weighted by Gasteiger charge is -2.23. The molecule has 0 saturated carbocycles. The van der Waals surface area contributed by atoms with Gasteiger partial charge in [0.1, 0.15) is 17.7 Å². The highest BCUT2D eigenvalue weighted by atomic mass is 16.1. The monoisotopic (exact) mass is 377 g/mol. The molecule has 0 saturated heterocycles. The average molecular weight is 377 g/mol. The average Bonchev–Trinajstić information content (AvgIpc) is 3.11. The normalized spacial score (nSPS) is 19.1. The van der Waals surface area contributed by atoms with Crippen LogP contribution >= 0.6 is 0 Å². The van der Waals surface area contributed by atoms with Crippen molar-refractivity contribution in [3.63, 3.8) is 0 Å². The first kappa shape index (κ1) is 18.5. The van der Waals surface area contributed by atoms with Gasteiger partial charge in [-0.25, -0.2) is 0 Å². The first-order chi connectivity index (χ1) is 13.9. The fraction of sp³-hybridized carbons (Fsp3) is 0.160. The van der Waals surface area contributed by atoms with Gasteiger partial charge in [-0.05, 0) is 29.3 Å². The highest BCUT2D eigenvalue weighted by Gasteiger charge is 2.38. The minimum absolute atomic E-state index is 0.0460. The van der Waals surface area contributed by atoms with Gasteiger partial charge in [0.05, 0.1) is 0 Å². The summed E-state index contributed by atoms with van der Waals surface area (Å²) in [6.45, 7) is 4.30. The SMILES string of the molecule is CN1/C(=C/C=C2/C(=O)c3ccccc3C2=C(C#N)C#N)C(C)(C)c2ccccc21. The van der Waals surface area contributed by atoms with Crippen LogP contribution in [0.1, 0.15) is 35.3 Å². The summed E-state index contributed by atoms with van der Waals surface area (Å²) in [5, 5.41) is 18.9. The second-order valence-corrected chi connectivity index (χ2v) is 7.68. The van der Waals surface area contributed by atoms with Crippen LogP contribution in [-0.2, 0) is 5.41 Å². The number of para-hydroxylation sites is 1. The molecule has 2 aromatic rings. The van der Waals surface area contributed by atoms with E-state index >= 15 is 0 Å². The van der Waals surface area contributed by atoms with Gasteiger partial charge in [-0.2, -0.15) is 10.5 Å². The minimum atomic E-state index is -0.228. The van der Waals surface area contributed by atoms with E-state index in [1.54, 1.807) is 24.3 Å². The van der Waals surface area contributed by atoms with E-state index in [1.165, 1.54) is 5.56 Å². The third kappa shape index (κ3) is 2.62. The van der Waals surface area contributed by atoms with Crippen molar-refractivity contribution in [2.24, 2.45) is 0 Å². The number of nitriles is 2. The van der Waals surface area contributed by atoms with Crippen LogP contribution in [0.2, 0.25) is 0 Å². The number of anilines is 1. The van der Waals surface area contributed by atoms with Gasteiger partial charge in [-0.1, -0.05) is 56.3 Å².